The number of allylic oxidation sites excluding steroid dienone is 3. The van der Waals surface area contributed by atoms with Crippen LogP contribution in [0, 0.1) is 5.92 Å². The molecule has 0 unspecified atom stereocenters. The van der Waals surface area contributed by atoms with Gasteiger partial charge < -0.3 is 31.2 Å². The molecule has 0 radical (unpaired) electrons. The summed E-state index contributed by atoms with van der Waals surface area (Å²) in [5.41, 5.74) is 15.7. The maximum atomic E-state index is 12.9. The summed E-state index contributed by atoms with van der Waals surface area (Å²) in [5.74, 6) is 0.930. The number of benzene rings is 1. The zero-order valence-corrected chi connectivity index (χ0v) is 24.7. The number of carbonyl (C=O) groups excluding carboxylic acids is 1. The number of aromatic amines is 1. The summed E-state index contributed by atoms with van der Waals surface area (Å²) >= 11 is 0. The molecule has 1 aromatic carbocycles. The monoisotopic (exact) mass is 577 g/mol. The number of piperazine rings is 1. The van der Waals surface area contributed by atoms with Crippen LogP contribution >= 0.6 is 0 Å². The van der Waals surface area contributed by atoms with Gasteiger partial charge in [0.2, 0.25) is 5.91 Å². The first kappa shape index (κ1) is 27.4. The zero-order valence-electron chi connectivity index (χ0n) is 24.7. The van der Waals surface area contributed by atoms with Crippen molar-refractivity contribution in [1.82, 2.24) is 24.8 Å². The molecule has 222 valence electrons. The van der Waals surface area contributed by atoms with Gasteiger partial charge in [-0.2, -0.15) is 0 Å². The van der Waals surface area contributed by atoms with Gasteiger partial charge in [0.25, 0.3) is 0 Å². The van der Waals surface area contributed by atoms with Crippen LogP contribution in [0.15, 0.2) is 59.5 Å². The van der Waals surface area contributed by atoms with Crippen LogP contribution in [0.3, 0.4) is 0 Å². The van der Waals surface area contributed by atoms with E-state index in [0.717, 1.165) is 114 Å². The molecule has 1 saturated heterocycles. The Morgan fingerprint density at radius 2 is 1.86 bits per heavy atom. The molecule has 4 heterocycles. The van der Waals surface area contributed by atoms with Crippen molar-refractivity contribution in [3.8, 4) is 11.1 Å². The number of H-pyrrole nitrogens is 1. The lowest BCUT2D eigenvalue weighted by molar-refractivity contribution is -0.120. The van der Waals surface area contributed by atoms with Crippen LogP contribution in [0.25, 0.3) is 16.8 Å². The van der Waals surface area contributed by atoms with Crippen molar-refractivity contribution in [2.24, 2.45) is 16.6 Å². The van der Waals surface area contributed by atoms with Crippen molar-refractivity contribution < 1.29 is 4.79 Å². The maximum absolute atomic E-state index is 12.9. The normalized spacial score (nSPS) is 19.3. The number of amides is 1. The van der Waals surface area contributed by atoms with Crippen LogP contribution in [0.5, 0.6) is 0 Å². The van der Waals surface area contributed by atoms with Crippen molar-refractivity contribution in [3.05, 3.63) is 77.3 Å². The summed E-state index contributed by atoms with van der Waals surface area (Å²) in [7, 11) is 2.16. The summed E-state index contributed by atoms with van der Waals surface area (Å²) in [6, 6.07) is 8.29. The highest BCUT2D eigenvalue weighted by molar-refractivity contribution is 6.15. The standard InChI is InChI=1S/C33H39N9O/c1-41-11-13-42(14-12-41)29-10-8-24(34)17-28-31(29)40-32(39-28)30-26-16-22(7-9-27(26)36-20-37-30)23-15-25(19-35-18-23)38-33(43)21-5-3-2-4-6-21/h7-10,15-16,18-19,21,36H,2-6,11-14,17,20,34H2,1H3,(H,38,43)(H,39,40). The summed E-state index contributed by atoms with van der Waals surface area (Å²) in [6.45, 7) is 4.39. The van der Waals surface area contributed by atoms with E-state index < -0.39 is 0 Å². The van der Waals surface area contributed by atoms with Crippen LogP contribution in [0.1, 0.15) is 54.9 Å². The zero-order chi connectivity index (χ0) is 29.3. The van der Waals surface area contributed by atoms with Crippen molar-refractivity contribution in [2.75, 3.05) is 50.5 Å². The highest BCUT2D eigenvalue weighted by Gasteiger charge is 2.27. The fourth-order valence-electron chi connectivity index (χ4n) is 6.53. The van der Waals surface area contributed by atoms with Gasteiger partial charge in [-0.3, -0.25) is 14.8 Å². The number of nitrogens with zero attached hydrogens (tertiary/aromatic N) is 5. The number of imidazole rings is 1. The Kier molecular flexibility index (Phi) is 7.44. The first-order valence-corrected chi connectivity index (χ1v) is 15.4. The van der Waals surface area contributed by atoms with Crippen LogP contribution in [0.2, 0.25) is 0 Å². The predicted octanol–water partition coefficient (Wildman–Crippen LogP) is 4.20. The number of aliphatic imine (C=N–C) groups is 1. The van der Waals surface area contributed by atoms with E-state index in [2.05, 4.69) is 61.7 Å². The van der Waals surface area contributed by atoms with Gasteiger partial charge in [-0.05, 0) is 55.8 Å². The van der Waals surface area contributed by atoms with Gasteiger partial charge >= 0.3 is 0 Å². The molecule has 0 atom stereocenters. The lowest BCUT2D eigenvalue weighted by Crippen LogP contribution is -2.43. The maximum Gasteiger partial charge on any atom is 0.227 e. The fourth-order valence-corrected chi connectivity index (χ4v) is 6.53. The summed E-state index contributed by atoms with van der Waals surface area (Å²) in [5, 5.41) is 6.51. The van der Waals surface area contributed by atoms with Crippen LogP contribution in [-0.4, -0.2) is 76.3 Å². The average Bonchev–Trinajstić information content (AvgIpc) is 3.37. The van der Waals surface area contributed by atoms with E-state index in [4.69, 9.17) is 15.7 Å². The van der Waals surface area contributed by atoms with E-state index in [9.17, 15) is 4.79 Å². The second-order valence-corrected chi connectivity index (χ2v) is 12.1. The topological polar surface area (TPSA) is 128 Å². The summed E-state index contributed by atoms with van der Waals surface area (Å²) in [4.78, 5) is 35.7. The van der Waals surface area contributed by atoms with E-state index in [-0.39, 0.29) is 11.8 Å². The molecular formula is C33H39N9O. The molecule has 2 aromatic heterocycles. The lowest BCUT2D eigenvalue weighted by atomic mass is 9.88. The lowest BCUT2D eigenvalue weighted by Gasteiger charge is -2.35. The number of anilines is 2. The minimum absolute atomic E-state index is 0.0897. The van der Waals surface area contributed by atoms with Gasteiger partial charge in [-0.25, -0.2) is 4.98 Å². The van der Waals surface area contributed by atoms with Crippen molar-refractivity contribution >= 4 is 28.7 Å². The first-order valence-electron chi connectivity index (χ1n) is 15.4. The third-order valence-electron chi connectivity index (χ3n) is 9.02. The van der Waals surface area contributed by atoms with E-state index in [1.165, 1.54) is 6.42 Å². The van der Waals surface area contributed by atoms with E-state index in [0.29, 0.717) is 13.1 Å². The van der Waals surface area contributed by atoms with Gasteiger partial charge in [-0.1, -0.05) is 25.3 Å². The molecule has 1 saturated carbocycles. The smallest absolute Gasteiger partial charge is 0.227 e. The molecule has 2 aliphatic carbocycles. The average molecular weight is 578 g/mol. The minimum Gasteiger partial charge on any atom is -0.402 e. The molecule has 10 heteroatoms. The van der Waals surface area contributed by atoms with E-state index in [1.807, 2.05) is 18.3 Å². The van der Waals surface area contributed by atoms with Crippen LogP contribution < -0.4 is 16.4 Å². The van der Waals surface area contributed by atoms with Gasteiger partial charge in [-0.15, -0.1) is 0 Å². The molecule has 10 nitrogen and oxygen atoms in total. The molecule has 3 aromatic rings. The number of carbonyl (C=O) groups is 1. The largest absolute Gasteiger partial charge is 0.402 e. The van der Waals surface area contributed by atoms with E-state index >= 15 is 0 Å². The Morgan fingerprint density at radius 1 is 1.02 bits per heavy atom. The second-order valence-electron chi connectivity index (χ2n) is 12.1. The highest BCUT2D eigenvalue weighted by atomic mass is 16.1. The van der Waals surface area contributed by atoms with Crippen LogP contribution in [0.4, 0.5) is 11.4 Å². The van der Waals surface area contributed by atoms with Gasteiger partial charge in [0.05, 0.1) is 23.3 Å². The molecule has 0 spiro atoms. The molecule has 2 aliphatic heterocycles. The SMILES string of the molecule is CN1CCN(C2=CC=C(N)Cc3[nH]c(C4=NCNc5ccc(-c6cncc(NC(=O)C7CCCCC7)c6)cc54)nc32)CC1. The highest BCUT2D eigenvalue weighted by Crippen LogP contribution is 2.32. The molecule has 1 amide bonds. The molecular weight excluding hydrogens is 538 g/mol. The minimum atomic E-state index is 0.0897. The van der Waals surface area contributed by atoms with Gasteiger partial charge in [0.15, 0.2) is 5.82 Å². The summed E-state index contributed by atoms with van der Waals surface area (Å²) in [6.07, 6.45) is 13.7. The number of hydrogen-bond acceptors (Lipinski definition) is 8. The van der Waals surface area contributed by atoms with E-state index in [1.54, 1.807) is 6.20 Å². The third-order valence-corrected chi connectivity index (χ3v) is 9.02. The van der Waals surface area contributed by atoms with Crippen molar-refractivity contribution in [3.63, 3.8) is 0 Å². The molecule has 2 fully saturated rings. The number of rotatable bonds is 5. The Labute approximate surface area is 252 Å². The third kappa shape index (κ3) is 5.67. The quantitative estimate of drug-likeness (QED) is 0.358. The predicted molar refractivity (Wildman–Crippen MR) is 171 cm³/mol. The van der Waals surface area contributed by atoms with Crippen molar-refractivity contribution in [2.45, 2.75) is 38.5 Å². The number of aromatic nitrogens is 3. The molecule has 4 aliphatic rings. The number of pyridine rings is 1. The Balaban J connectivity index is 1.18. The molecule has 7 rings (SSSR count). The number of hydrogen-bond donors (Lipinski definition) is 4. The Hall–Kier alpha value is -4.44. The summed E-state index contributed by atoms with van der Waals surface area (Å²) < 4.78 is 0. The Bertz CT molecular complexity index is 1620. The molecule has 5 N–H and O–H groups in total. The van der Waals surface area contributed by atoms with Crippen LogP contribution in [-0.2, 0) is 11.2 Å². The Morgan fingerprint density at radius 3 is 2.70 bits per heavy atom. The van der Waals surface area contributed by atoms with Gasteiger partial charge in [0, 0.05) is 67.2 Å². The van der Waals surface area contributed by atoms with Gasteiger partial charge in [0.1, 0.15) is 18.1 Å². The number of nitrogens with two attached hydrogens (primary N) is 1. The number of nitrogens with one attached hydrogen (secondary N) is 3. The number of fused-ring (bicyclic) bond motifs is 2. The van der Waals surface area contributed by atoms with Crippen molar-refractivity contribution in [1.29, 1.82) is 0 Å². The molecule has 0 bridgehead atoms. The second kappa shape index (κ2) is 11.7. The molecule has 43 heavy (non-hydrogen) atoms. The first-order chi connectivity index (χ1) is 21.0. The number of likely N-dealkylation sites (N-methyl/N-ethyl adjacent to an activating group) is 1. The fraction of sp³-hybridized carbons (Fsp3) is 0.394.